The van der Waals surface area contributed by atoms with Crippen molar-refractivity contribution in [3.05, 3.63) is 66.2 Å². The van der Waals surface area contributed by atoms with Crippen molar-refractivity contribution in [1.29, 1.82) is 0 Å². The van der Waals surface area contributed by atoms with Gasteiger partial charge in [-0.25, -0.2) is 9.59 Å². The fourth-order valence-electron chi connectivity index (χ4n) is 1.87. The molecule has 5 heteroatoms. The summed E-state index contributed by atoms with van der Waals surface area (Å²) in [4.78, 5) is 24.0. The maximum Gasteiger partial charge on any atom is 0.412 e. The second-order valence-electron chi connectivity index (χ2n) is 4.44. The van der Waals surface area contributed by atoms with E-state index in [0.717, 1.165) is 0 Å². The fourth-order valence-corrected chi connectivity index (χ4v) is 1.87. The zero-order valence-corrected chi connectivity index (χ0v) is 12.2. The van der Waals surface area contributed by atoms with Crippen LogP contribution in [0.1, 0.15) is 18.6 Å². The molecule has 2 rings (SSSR count). The molecule has 1 amide bonds. The fraction of sp³-hybridized carbons (Fsp3) is 0.176. The van der Waals surface area contributed by atoms with Crippen molar-refractivity contribution in [3.63, 3.8) is 0 Å². The second-order valence-corrected chi connectivity index (χ2v) is 4.44. The molecular weight excluding hydrogens is 282 g/mol. The molecule has 0 spiro atoms. The number of carbonyl (C=O) groups is 2. The maximum atomic E-state index is 12.0. The Hall–Kier alpha value is -2.82. The number of ether oxygens (including phenoxy) is 2. The van der Waals surface area contributed by atoms with Gasteiger partial charge in [0.25, 0.3) is 0 Å². The highest BCUT2D eigenvalue weighted by Crippen LogP contribution is 2.20. The number of carbonyl (C=O) groups excluding carboxylic acids is 2. The Morgan fingerprint density at radius 1 is 1.00 bits per heavy atom. The Bertz CT molecular complexity index is 613. The van der Waals surface area contributed by atoms with E-state index in [1.54, 1.807) is 55.5 Å². The van der Waals surface area contributed by atoms with Crippen LogP contribution in [0.25, 0.3) is 0 Å². The SMILES string of the molecule is CCOC(=O)[C@H](OC(=O)Nc1ccccc1)c1ccccc1. The Morgan fingerprint density at radius 2 is 1.59 bits per heavy atom. The molecule has 0 fully saturated rings. The van der Waals surface area contributed by atoms with Gasteiger partial charge in [0.2, 0.25) is 6.10 Å². The quantitative estimate of drug-likeness (QED) is 0.858. The summed E-state index contributed by atoms with van der Waals surface area (Å²) in [5.41, 5.74) is 1.15. The summed E-state index contributed by atoms with van der Waals surface area (Å²) in [5.74, 6) is -0.600. The van der Waals surface area contributed by atoms with Gasteiger partial charge in [0.15, 0.2) is 0 Å². The Morgan fingerprint density at radius 3 is 2.18 bits per heavy atom. The number of hydrogen-bond acceptors (Lipinski definition) is 4. The zero-order valence-electron chi connectivity index (χ0n) is 12.2. The van der Waals surface area contributed by atoms with Gasteiger partial charge < -0.3 is 9.47 Å². The van der Waals surface area contributed by atoms with Crippen LogP contribution in [-0.2, 0) is 14.3 Å². The van der Waals surface area contributed by atoms with Gasteiger partial charge in [-0.2, -0.15) is 0 Å². The van der Waals surface area contributed by atoms with Gasteiger partial charge >= 0.3 is 12.1 Å². The number of amides is 1. The average molecular weight is 299 g/mol. The first-order chi connectivity index (χ1) is 10.7. The molecule has 0 saturated heterocycles. The standard InChI is InChI=1S/C17H17NO4/c1-2-21-16(19)15(13-9-5-3-6-10-13)22-17(20)18-14-11-7-4-8-12-14/h3-12,15H,2H2,1H3,(H,18,20)/t15-/m1/s1. The molecule has 1 N–H and O–H groups in total. The minimum atomic E-state index is -1.09. The normalized spacial score (nSPS) is 11.3. The van der Waals surface area contributed by atoms with Gasteiger partial charge in [-0.3, -0.25) is 5.32 Å². The van der Waals surface area contributed by atoms with Crippen LogP contribution in [-0.4, -0.2) is 18.7 Å². The summed E-state index contributed by atoms with van der Waals surface area (Å²) in [6, 6.07) is 17.6. The van der Waals surface area contributed by atoms with Crippen molar-refractivity contribution >= 4 is 17.7 Å². The van der Waals surface area contributed by atoms with Crippen molar-refractivity contribution < 1.29 is 19.1 Å². The molecule has 0 aliphatic carbocycles. The number of hydrogen-bond donors (Lipinski definition) is 1. The van der Waals surface area contributed by atoms with Gasteiger partial charge in [-0.05, 0) is 19.1 Å². The smallest absolute Gasteiger partial charge is 0.412 e. The first-order valence-corrected chi connectivity index (χ1v) is 6.95. The van der Waals surface area contributed by atoms with Crippen molar-refractivity contribution in [2.24, 2.45) is 0 Å². The van der Waals surface area contributed by atoms with Gasteiger partial charge in [0.1, 0.15) is 0 Å². The predicted molar refractivity (Wildman–Crippen MR) is 82.4 cm³/mol. The predicted octanol–water partition coefficient (Wildman–Crippen LogP) is 3.54. The average Bonchev–Trinajstić information content (AvgIpc) is 2.54. The molecular formula is C17H17NO4. The summed E-state index contributed by atoms with van der Waals surface area (Å²) in [5, 5.41) is 2.57. The summed E-state index contributed by atoms with van der Waals surface area (Å²) in [6.07, 6.45) is -1.81. The molecule has 0 aliphatic rings. The van der Waals surface area contributed by atoms with Gasteiger partial charge in [-0.1, -0.05) is 48.5 Å². The van der Waals surface area contributed by atoms with Crippen molar-refractivity contribution in [2.45, 2.75) is 13.0 Å². The van der Waals surface area contributed by atoms with Crippen LogP contribution in [0.3, 0.4) is 0 Å². The molecule has 2 aromatic rings. The highest BCUT2D eigenvalue weighted by Gasteiger charge is 2.26. The monoisotopic (exact) mass is 299 g/mol. The molecule has 0 aromatic heterocycles. The van der Waals surface area contributed by atoms with Crippen LogP contribution in [0.4, 0.5) is 10.5 Å². The van der Waals surface area contributed by atoms with Crippen molar-refractivity contribution in [3.8, 4) is 0 Å². The number of anilines is 1. The van der Waals surface area contributed by atoms with Gasteiger partial charge in [0.05, 0.1) is 6.61 Å². The third kappa shape index (κ3) is 4.34. The zero-order chi connectivity index (χ0) is 15.8. The van der Waals surface area contributed by atoms with Crippen molar-refractivity contribution in [1.82, 2.24) is 0 Å². The van der Waals surface area contributed by atoms with E-state index in [1.165, 1.54) is 0 Å². The van der Waals surface area contributed by atoms with E-state index in [9.17, 15) is 9.59 Å². The Labute approximate surface area is 128 Å². The molecule has 5 nitrogen and oxygen atoms in total. The number of nitrogens with one attached hydrogen (secondary N) is 1. The summed E-state index contributed by atoms with van der Waals surface area (Å²) in [6.45, 7) is 1.91. The molecule has 0 bridgehead atoms. The molecule has 0 radical (unpaired) electrons. The lowest BCUT2D eigenvalue weighted by atomic mass is 10.1. The Kier molecular flexibility index (Phi) is 5.54. The number of esters is 1. The van der Waals surface area contributed by atoms with Crippen LogP contribution in [0.15, 0.2) is 60.7 Å². The molecule has 114 valence electrons. The van der Waals surface area contributed by atoms with Crippen LogP contribution in [0, 0.1) is 0 Å². The van der Waals surface area contributed by atoms with Crippen LogP contribution in [0.2, 0.25) is 0 Å². The molecule has 0 heterocycles. The minimum Gasteiger partial charge on any atom is -0.463 e. The third-order valence-corrected chi connectivity index (χ3v) is 2.85. The molecule has 2 aromatic carbocycles. The maximum absolute atomic E-state index is 12.0. The lowest BCUT2D eigenvalue weighted by Crippen LogP contribution is -2.24. The lowest BCUT2D eigenvalue weighted by molar-refractivity contribution is -0.153. The summed E-state index contributed by atoms with van der Waals surface area (Å²) in [7, 11) is 0. The largest absolute Gasteiger partial charge is 0.463 e. The summed E-state index contributed by atoms with van der Waals surface area (Å²) >= 11 is 0. The van der Waals surface area contributed by atoms with Crippen molar-refractivity contribution in [2.75, 3.05) is 11.9 Å². The molecule has 22 heavy (non-hydrogen) atoms. The van der Waals surface area contributed by atoms with E-state index in [1.807, 2.05) is 12.1 Å². The third-order valence-electron chi connectivity index (χ3n) is 2.85. The van der Waals surface area contributed by atoms with Crippen LogP contribution in [0.5, 0.6) is 0 Å². The van der Waals surface area contributed by atoms with Gasteiger partial charge in [-0.15, -0.1) is 0 Å². The van der Waals surface area contributed by atoms with Gasteiger partial charge in [0, 0.05) is 11.3 Å². The van der Waals surface area contributed by atoms with E-state index in [-0.39, 0.29) is 6.61 Å². The van der Waals surface area contributed by atoms with E-state index in [2.05, 4.69) is 5.32 Å². The molecule has 0 aliphatic heterocycles. The number of benzene rings is 2. The van der Waals surface area contributed by atoms with E-state index >= 15 is 0 Å². The molecule has 0 unspecified atom stereocenters. The molecule has 0 saturated carbocycles. The lowest BCUT2D eigenvalue weighted by Gasteiger charge is -2.17. The van der Waals surface area contributed by atoms with Crippen LogP contribution >= 0.6 is 0 Å². The first kappa shape index (κ1) is 15.6. The number of rotatable bonds is 5. The Balaban J connectivity index is 2.09. The highest BCUT2D eigenvalue weighted by molar-refractivity contribution is 5.87. The molecule has 1 atom stereocenters. The minimum absolute atomic E-state index is 0.214. The van der Waals surface area contributed by atoms with E-state index in [4.69, 9.17) is 9.47 Å². The summed E-state index contributed by atoms with van der Waals surface area (Å²) < 4.78 is 10.2. The topological polar surface area (TPSA) is 64.6 Å². The first-order valence-electron chi connectivity index (χ1n) is 6.95. The van der Waals surface area contributed by atoms with E-state index in [0.29, 0.717) is 11.3 Å². The van der Waals surface area contributed by atoms with Crippen LogP contribution < -0.4 is 5.32 Å². The second kappa shape index (κ2) is 7.83. The number of para-hydroxylation sites is 1. The highest BCUT2D eigenvalue weighted by atomic mass is 16.6. The van der Waals surface area contributed by atoms with E-state index < -0.39 is 18.2 Å².